The zero-order valence-electron chi connectivity index (χ0n) is 13.3. The molecule has 1 fully saturated rings. The quantitative estimate of drug-likeness (QED) is 0.626. The summed E-state index contributed by atoms with van der Waals surface area (Å²) in [5, 5.41) is 0. The average Bonchev–Trinajstić information content (AvgIpc) is 2.43. The number of piperidine rings is 1. The van der Waals surface area contributed by atoms with Gasteiger partial charge in [-0.2, -0.15) is 0 Å². The van der Waals surface area contributed by atoms with E-state index in [1.54, 1.807) is 6.08 Å². The molecule has 1 aromatic rings. The third-order valence-electron chi connectivity index (χ3n) is 4.04. The standard InChI is InChI=1S/C18H25NO2/c1-4-21-17(20)12-16-10-11-19(18(2,3)13-16)14-15-8-6-5-7-9-15/h5-9,12H,4,10-11,13-14H2,1-3H3. The van der Waals surface area contributed by atoms with Crippen molar-refractivity contribution < 1.29 is 9.53 Å². The van der Waals surface area contributed by atoms with Crippen molar-refractivity contribution in [2.24, 2.45) is 0 Å². The van der Waals surface area contributed by atoms with Crippen molar-refractivity contribution in [2.75, 3.05) is 13.2 Å². The van der Waals surface area contributed by atoms with E-state index in [0.717, 1.165) is 25.9 Å². The van der Waals surface area contributed by atoms with E-state index in [1.165, 1.54) is 11.1 Å². The lowest BCUT2D eigenvalue weighted by atomic mass is 9.86. The van der Waals surface area contributed by atoms with Gasteiger partial charge in [-0.3, -0.25) is 4.90 Å². The van der Waals surface area contributed by atoms with Crippen LogP contribution in [0.5, 0.6) is 0 Å². The van der Waals surface area contributed by atoms with E-state index in [-0.39, 0.29) is 11.5 Å². The van der Waals surface area contributed by atoms with Crippen molar-refractivity contribution in [1.82, 2.24) is 4.90 Å². The first-order valence-corrected chi connectivity index (χ1v) is 7.66. The Hall–Kier alpha value is -1.61. The lowest BCUT2D eigenvalue weighted by Crippen LogP contribution is -2.47. The number of carbonyl (C=O) groups is 1. The molecule has 3 heteroatoms. The maximum Gasteiger partial charge on any atom is 0.330 e. The normalized spacial score (nSPS) is 20.4. The minimum absolute atomic E-state index is 0.0619. The lowest BCUT2D eigenvalue weighted by molar-refractivity contribution is -0.137. The van der Waals surface area contributed by atoms with Crippen molar-refractivity contribution in [3.05, 3.63) is 47.5 Å². The van der Waals surface area contributed by atoms with Gasteiger partial charge in [0.1, 0.15) is 0 Å². The van der Waals surface area contributed by atoms with Gasteiger partial charge in [-0.1, -0.05) is 35.9 Å². The van der Waals surface area contributed by atoms with Crippen LogP contribution in [0.25, 0.3) is 0 Å². The van der Waals surface area contributed by atoms with Crippen LogP contribution in [0.1, 0.15) is 39.2 Å². The molecule has 0 atom stereocenters. The van der Waals surface area contributed by atoms with Gasteiger partial charge in [0.05, 0.1) is 6.61 Å². The minimum Gasteiger partial charge on any atom is -0.463 e. The number of nitrogens with zero attached hydrogens (tertiary/aromatic N) is 1. The second-order valence-corrected chi connectivity index (χ2v) is 6.20. The molecule has 0 unspecified atom stereocenters. The van der Waals surface area contributed by atoms with Crippen LogP contribution in [0.2, 0.25) is 0 Å². The van der Waals surface area contributed by atoms with E-state index in [4.69, 9.17) is 4.74 Å². The van der Waals surface area contributed by atoms with Gasteiger partial charge in [0.2, 0.25) is 0 Å². The van der Waals surface area contributed by atoms with Crippen LogP contribution in [0.3, 0.4) is 0 Å². The van der Waals surface area contributed by atoms with Crippen molar-refractivity contribution in [1.29, 1.82) is 0 Å². The maximum atomic E-state index is 11.6. The Balaban J connectivity index is 2.01. The SMILES string of the molecule is CCOC(=O)C=C1CCN(Cc2ccccc2)C(C)(C)C1. The molecular formula is C18H25NO2. The topological polar surface area (TPSA) is 29.5 Å². The zero-order chi connectivity index (χ0) is 15.3. The Kier molecular flexibility index (Phi) is 5.18. The summed E-state index contributed by atoms with van der Waals surface area (Å²) >= 11 is 0. The Bertz CT molecular complexity index is 505. The van der Waals surface area contributed by atoms with Crippen LogP contribution < -0.4 is 0 Å². The first kappa shape index (κ1) is 15.8. The first-order chi connectivity index (χ1) is 10.0. The number of likely N-dealkylation sites (tertiary alicyclic amines) is 1. The summed E-state index contributed by atoms with van der Waals surface area (Å²) in [6.45, 7) is 8.70. The molecule has 1 aliphatic rings. The van der Waals surface area contributed by atoms with Crippen LogP contribution >= 0.6 is 0 Å². The fraction of sp³-hybridized carbons (Fsp3) is 0.500. The fourth-order valence-electron chi connectivity index (χ4n) is 2.91. The van der Waals surface area contributed by atoms with E-state index in [0.29, 0.717) is 6.61 Å². The molecule has 1 heterocycles. The first-order valence-electron chi connectivity index (χ1n) is 7.66. The van der Waals surface area contributed by atoms with E-state index in [2.05, 4.69) is 43.0 Å². The summed E-state index contributed by atoms with van der Waals surface area (Å²) in [6.07, 6.45) is 3.54. The molecular weight excluding hydrogens is 262 g/mol. The van der Waals surface area contributed by atoms with Crippen LogP contribution in [-0.2, 0) is 16.1 Å². The monoisotopic (exact) mass is 287 g/mol. The molecule has 0 N–H and O–H groups in total. The Morgan fingerprint density at radius 2 is 2.05 bits per heavy atom. The van der Waals surface area contributed by atoms with Crippen LogP contribution in [-0.4, -0.2) is 29.6 Å². The molecule has 1 aromatic carbocycles. The Labute approximate surface area is 127 Å². The number of carbonyl (C=O) groups excluding carboxylic acids is 1. The third-order valence-corrected chi connectivity index (χ3v) is 4.04. The number of ether oxygens (including phenoxy) is 1. The van der Waals surface area contributed by atoms with Gasteiger partial charge in [0.25, 0.3) is 0 Å². The number of hydrogen-bond donors (Lipinski definition) is 0. The van der Waals surface area contributed by atoms with Gasteiger partial charge in [-0.15, -0.1) is 0 Å². The molecule has 0 spiro atoms. The van der Waals surface area contributed by atoms with Gasteiger partial charge in [0.15, 0.2) is 0 Å². The molecule has 1 saturated heterocycles. The summed E-state index contributed by atoms with van der Waals surface area (Å²) in [4.78, 5) is 14.1. The van der Waals surface area contributed by atoms with Gasteiger partial charge >= 0.3 is 5.97 Å². The van der Waals surface area contributed by atoms with Crippen LogP contribution in [0.15, 0.2) is 42.0 Å². The molecule has 0 saturated carbocycles. The second kappa shape index (κ2) is 6.90. The fourth-order valence-corrected chi connectivity index (χ4v) is 2.91. The summed E-state index contributed by atoms with van der Waals surface area (Å²) in [7, 11) is 0. The number of hydrogen-bond acceptors (Lipinski definition) is 3. The molecule has 0 amide bonds. The molecule has 114 valence electrons. The second-order valence-electron chi connectivity index (χ2n) is 6.20. The van der Waals surface area contributed by atoms with Crippen molar-refractivity contribution >= 4 is 5.97 Å². The number of rotatable bonds is 4. The summed E-state index contributed by atoms with van der Waals surface area (Å²) in [5.74, 6) is -0.209. The smallest absolute Gasteiger partial charge is 0.330 e. The highest BCUT2D eigenvalue weighted by Gasteiger charge is 2.32. The number of benzene rings is 1. The molecule has 0 aliphatic carbocycles. The van der Waals surface area contributed by atoms with E-state index in [9.17, 15) is 4.79 Å². The maximum absolute atomic E-state index is 11.6. The minimum atomic E-state index is -0.209. The molecule has 0 radical (unpaired) electrons. The third kappa shape index (κ3) is 4.43. The van der Waals surface area contributed by atoms with Crippen LogP contribution in [0.4, 0.5) is 0 Å². The summed E-state index contributed by atoms with van der Waals surface area (Å²) in [5.41, 5.74) is 2.60. The lowest BCUT2D eigenvalue weighted by Gasteiger charge is -2.43. The molecule has 0 aromatic heterocycles. The molecule has 21 heavy (non-hydrogen) atoms. The molecule has 0 bridgehead atoms. The highest BCUT2D eigenvalue weighted by Crippen LogP contribution is 2.32. The summed E-state index contributed by atoms with van der Waals surface area (Å²) < 4.78 is 5.01. The van der Waals surface area contributed by atoms with Crippen molar-refractivity contribution in [2.45, 2.75) is 45.7 Å². The van der Waals surface area contributed by atoms with Gasteiger partial charge in [-0.25, -0.2) is 4.79 Å². The van der Waals surface area contributed by atoms with Gasteiger partial charge < -0.3 is 4.74 Å². The average molecular weight is 287 g/mol. The Morgan fingerprint density at radius 1 is 1.33 bits per heavy atom. The summed E-state index contributed by atoms with van der Waals surface area (Å²) in [6, 6.07) is 10.5. The molecule has 1 aliphatic heterocycles. The highest BCUT2D eigenvalue weighted by molar-refractivity contribution is 5.82. The largest absolute Gasteiger partial charge is 0.463 e. The molecule has 3 nitrogen and oxygen atoms in total. The van der Waals surface area contributed by atoms with E-state index in [1.807, 2.05) is 13.0 Å². The van der Waals surface area contributed by atoms with Crippen LogP contribution in [0, 0.1) is 0 Å². The van der Waals surface area contributed by atoms with Gasteiger partial charge in [-0.05, 0) is 39.2 Å². The number of esters is 1. The van der Waals surface area contributed by atoms with E-state index < -0.39 is 0 Å². The van der Waals surface area contributed by atoms with E-state index >= 15 is 0 Å². The van der Waals surface area contributed by atoms with Crippen molar-refractivity contribution in [3.63, 3.8) is 0 Å². The highest BCUT2D eigenvalue weighted by atomic mass is 16.5. The predicted molar refractivity (Wildman–Crippen MR) is 84.9 cm³/mol. The van der Waals surface area contributed by atoms with Gasteiger partial charge in [0, 0.05) is 24.7 Å². The van der Waals surface area contributed by atoms with Crippen molar-refractivity contribution in [3.8, 4) is 0 Å². The Morgan fingerprint density at radius 3 is 2.67 bits per heavy atom. The predicted octanol–water partition coefficient (Wildman–Crippen LogP) is 3.55. The molecule has 2 rings (SSSR count). The zero-order valence-corrected chi connectivity index (χ0v) is 13.3.